The van der Waals surface area contributed by atoms with Gasteiger partial charge in [0, 0.05) is 12.0 Å². The van der Waals surface area contributed by atoms with Crippen LogP contribution in [0.1, 0.15) is 26.3 Å². The first-order valence-corrected chi connectivity index (χ1v) is 5.67. The van der Waals surface area contributed by atoms with Gasteiger partial charge in [-0.15, -0.1) is 0 Å². The number of carboxylic acid groups (broad SMARTS) is 1. The maximum absolute atomic E-state index is 12.7. The number of carbonyl (C=O) groups is 2. The van der Waals surface area contributed by atoms with Crippen molar-refractivity contribution in [1.29, 1.82) is 0 Å². The molecule has 19 heavy (non-hydrogen) atoms. The van der Waals surface area contributed by atoms with Gasteiger partial charge in [-0.1, -0.05) is 24.3 Å². The third-order valence-electron chi connectivity index (χ3n) is 2.73. The Kier molecular flexibility index (Phi) is 3.71. The predicted octanol–water partition coefficient (Wildman–Crippen LogP) is 2.95. The first-order chi connectivity index (χ1) is 9.06. The summed E-state index contributed by atoms with van der Waals surface area (Å²) >= 11 is 0. The van der Waals surface area contributed by atoms with Crippen molar-refractivity contribution < 1.29 is 19.1 Å². The lowest BCUT2D eigenvalue weighted by molar-refractivity contribution is 0.0696. The van der Waals surface area contributed by atoms with E-state index in [9.17, 15) is 14.0 Å². The molecule has 0 amide bonds. The van der Waals surface area contributed by atoms with Crippen molar-refractivity contribution in [2.45, 2.75) is 6.42 Å². The van der Waals surface area contributed by atoms with Crippen LogP contribution in [0.2, 0.25) is 0 Å². The van der Waals surface area contributed by atoms with Gasteiger partial charge in [0.1, 0.15) is 5.82 Å². The molecule has 0 aromatic heterocycles. The van der Waals surface area contributed by atoms with Crippen LogP contribution in [0.5, 0.6) is 0 Å². The van der Waals surface area contributed by atoms with Crippen LogP contribution in [0, 0.1) is 5.82 Å². The van der Waals surface area contributed by atoms with E-state index in [4.69, 9.17) is 5.11 Å². The molecular formula is C15H11FO3. The minimum atomic E-state index is -1.03. The molecule has 0 aliphatic rings. The fourth-order valence-electron chi connectivity index (χ4n) is 1.69. The van der Waals surface area contributed by atoms with Crippen molar-refractivity contribution in [3.63, 3.8) is 0 Å². The van der Waals surface area contributed by atoms with Crippen molar-refractivity contribution in [3.05, 3.63) is 71.0 Å². The van der Waals surface area contributed by atoms with Crippen LogP contribution in [0.25, 0.3) is 0 Å². The first-order valence-electron chi connectivity index (χ1n) is 5.67. The maximum Gasteiger partial charge on any atom is 0.335 e. The molecule has 0 heterocycles. The molecule has 0 saturated heterocycles. The normalized spacial score (nSPS) is 10.2. The van der Waals surface area contributed by atoms with E-state index in [0.29, 0.717) is 11.1 Å². The van der Waals surface area contributed by atoms with Gasteiger partial charge in [0.05, 0.1) is 5.56 Å². The van der Waals surface area contributed by atoms with Crippen molar-refractivity contribution in [2.75, 3.05) is 0 Å². The van der Waals surface area contributed by atoms with Gasteiger partial charge in [0.2, 0.25) is 0 Å². The van der Waals surface area contributed by atoms with Gasteiger partial charge >= 0.3 is 5.97 Å². The average Bonchev–Trinajstić information content (AvgIpc) is 2.41. The number of ketones is 1. The summed E-state index contributed by atoms with van der Waals surface area (Å²) in [6.45, 7) is 0. The van der Waals surface area contributed by atoms with E-state index in [0.717, 1.165) is 0 Å². The minimum absolute atomic E-state index is 0.136. The van der Waals surface area contributed by atoms with Crippen LogP contribution in [0.3, 0.4) is 0 Å². The van der Waals surface area contributed by atoms with E-state index >= 15 is 0 Å². The maximum atomic E-state index is 12.7. The summed E-state index contributed by atoms with van der Waals surface area (Å²) in [5, 5.41) is 8.76. The lowest BCUT2D eigenvalue weighted by atomic mass is 10.0. The molecule has 0 bridgehead atoms. The van der Waals surface area contributed by atoms with E-state index in [1.807, 2.05) is 0 Å². The lowest BCUT2D eigenvalue weighted by Crippen LogP contribution is -2.04. The third-order valence-corrected chi connectivity index (χ3v) is 2.73. The second-order valence-corrected chi connectivity index (χ2v) is 4.11. The van der Waals surface area contributed by atoms with Gasteiger partial charge in [-0.3, -0.25) is 4.79 Å². The molecule has 0 unspecified atom stereocenters. The van der Waals surface area contributed by atoms with Gasteiger partial charge in [0.25, 0.3) is 0 Å². The highest BCUT2D eigenvalue weighted by Gasteiger charge is 2.09. The zero-order valence-corrected chi connectivity index (χ0v) is 9.97. The van der Waals surface area contributed by atoms with Gasteiger partial charge in [0.15, 0.2) is 5.78 Å². The number of halogens is 1. The Balaban J connectivity index is 2.11. The number of carbonyl (C=O) groups excluding carboxylic acids is 1. The van der Waals surface area contributed by atoms with Crippen LogP contribution in [-0.2, 0) is 6.42 Å². The summed E-state index contributed by atoms with van der Waals surface area (Å²) in [6.07, 6.45) is 0.159. The smallest absolute Gasteiger partial charge is 0.335 e. The Hall–Kier alpha value is -2.49. The number of benzene rings is 2. The number of Topliss-reactive ketones (excluding diaryl/α,β-unsaturated/α-hetero) is 1. The van der Waals surface area contributed by atoms with E-state index in [1.54, 1.807) is 12.1 Å². The SMILES string of the molecule is O=C(O)c1ccc(C(=O)Cc2ccc(F)cc2)cc1. The number of aromatic carboxylic acids is 1. The molecule has 0 aliphatic carbocycles. The van der Waals surface area contributed by atoms with Crippen molar-refractivity contribution >= 4 is 11.8 Å². The Morgan fingerprint density at radius 1 is 0.895 bits per heavy atom. The highest BCUT2D eigenvalue weighted by Crippen LogP contribution is 2.10. The van der Waals surface area contributed by atoms with Gasteiger partial charge < -0.3 is 5.11 Å². The van der Waals surface area contributed by atoms with Crippen LogP contribution in [0.15, 0.2) is 48.5 Å². The summed E-state index contributed by atoms with van der Waals surface area (Å²) in [5.74, 6) is -1.51. The van der Waals surface area contributed by atoms with Crippen molar-refractivity contribution in [3.8, 4) is 0 Å². The Bertz CT molecular complexity index is 600. The van der Waals surface area contributed by atoms with Crippen molar-refractivity contribution in [1.82, 2.24) is 0 Å². The highest BCUT2D eigenvalue weighted by atomic mass is 19.1. The summed E-state index contributed by atoms with van der Waals surface area (Å²) in [4.78, 5) is 22.6. The fourth-order valence-corrected chi connectivity index (χ4v) is 1.69. The first kappa shape index (κ1) is 13.0. The van der Waals surface area contributed by atoms with Crippen LogP contribution in [-0.4, -0.2) is 16.9 Å². The van der Waals surface area contributed by atoms with E-state index in [1.165, 1.54) is 36.4 Å². The molecule has 0 radical (unpaired) electrons. The summed E-state index contributed by atoms with van der Waals surface area (Å²) in [6, 6.07) is 11.5. The summed E-state index contributed by atoms with van der Waals surface area (Å²) in [5.41, 5.74) is 1.29. The zero-order chi connectivity index (χ0) is 13.8. The number of carboxylic acids is 1. The Labute approximate surface area is 109 Å². The largest absolute Gasteiger partial charge is 0.478 e. The molecule has 2 rings (SSSR count). The standard InChI is InChI=1S/C15H11FO3/c16-13-7-1-10(2-8-13)9-14(17)11-3-5-12(6-4-11)15(18)19/h1-8H,9H2,(H,18,19). The minimum Gasteiger partial charge on any atom is -0.478 e. The van der Waals surface area contributed by atoms with Crippen LogP contribution in [0.4, 0.5) is 4.39 Å². The van der Waals surface area contributed by atoms with Gasteiger partial charge in [-0.25, -0.2) is 9.18 Å². The summed E-state index contributed by atoms with van der Waals surface area (Å²) < 4.78 is 12.7. The third kappa shape index (κ3) is 3.25. The molecule has 0 saturated carbocycles. The number of hydrogen-bond donors (Lipinski definition) is 1. The molecule has 96 valence electrons. The monoisotopic (exact) mass is 258 g/mol. The average molecular weight is 258 g/mol. The quantitative estimate of drug-likeness (QED) is 0.858. The molecule has 0 aliphatic heterocycles. The molecule has 0 atom stereocenters. The van der Waals surface area contributed by atoms with E-state index in [2.05, 4.69) is 0 Å². The Morgan fingerprint density at radius 3 is 1.95 bits per heavy atom. The van der Waals surface area contributed by atoms with Crippen molar-refractivity contribution in [2.24, 2.45) is 0 Å². The van der Waals surface area contributed by atoms with Gasteiger partial charge in [-0.05, 0) is 29.8 Å². The number of rotatable bonds is 4. The molecule has 4 heteroatoms. The zero-order valence-electron chi connectivity index (χ0n) is 9.97. The van der Waals surface area contributed by atoms with E-state index in [-0.39, 0.29) is 23.6 Å². The molecule has 0 fully saturated rings. The molecule has 3 nitrogen and oxygen atoms in total. The van der Waals surface area contributed by atoms with Gasteiger partial charge in [-0.2, -0.15) is 0 Å². The fraction of sp³-hybridized carbons (Fsp3) is 0.0667. The molecular weight excluding hydrogens is 247 g/mol. The van der Waals surface area contributed by atoms with E-state index < -0.39 is 5.97 Å². The predicted molar refractivity (Wildman–Crippen MR) is 67.8 cm³/mol. The Morgan fingerprint density at radius 2 is 1.42 bits per heavy atom. The lowest BCUT2D eigenvalue weighted by Gasteiger charge is -2.02. The topological polar surface area (TPSA) is 54.4 Å². The second-order valence-electron chi connectivity index (χ2n) is 4.11. The van der Waals surface area contributed by atoms with Crippen LogP contribution >= 0.6 is 0 Å². The second kappa shape index (κ2) is 5.44. The molecule has 2 aromatic rings. The van der Waals surface area contributed by atoms with Crippen LogP contribution < -0.4 is 0 Å². The number of hydrogen-bond acceptors (Lipinski definition) is 2. The highest BCUT2D eigenvalue weighted by molar-refractivity contribution is 5.98. The molecule has 2 aromatic carbocycles. The summed E-state index contributed by atoms with van der Waals surface area (Å²) in [7, 11) is 0. The molecule has 1 N–H and O–H groups in total. The molecule has 0 spiro atoms.